The number of rotatable bonds is 7. The molecule has 0 saturated heterocycles. The van der Waals surface area contributed by atoms with Crippen LogP contribution in [0.3, 0.4) is 0 Å². The standard InChI is InChI=1S/C14H22F3N3/c1-3-20(4-2)9-5-8-19-13-7-6-11(18)10-12(13)14(15,16)17/h6-7,10,19H,3-5,8-9,18H2,1-2H3. The van der Waals surface area contributed by atoms with Gasteiger partial charge in [0.1, 0.15) is 0 Å². The fraction of sp³-hybridized carbons (Fsp3) is 0.571. The second-order valence-corrected chi connectivity index (χ2v) is 4.61. The highest BCUT2D eigenvalue weighted by molar-refractivity contribution is 5.59. The van der Waals surface area contributed by atoms with Crippen LogP contribution in [0.5, 0.6) is 0 Å². The first-order valence-electron chi connectivity index (χ1n) is 6.81. The fourth-order valence-corrected chi connectivity index (χ4v) is 2.02. The molecule has 0 fully saturated rings. The molecule has 0 aliphatic heterocycles. The van der Waals surface area contributed by atoms with Gasteiger partial charge in [0.25, 0.3) is 0 Å². The molecule has 0 heterocycles. The van der Waals surface area contributed by atoms with E-state index in [9.17, 15) is 13.2 Å². The summed E-state index contributed by atoms with van der Waals surface area (Å²) in [5.41, 5.74) is 4.92. The van der Waals surface area contributed by atoms with Crippen LogP contribution in [-0.4, -0.2) is 31.1 Å². The van der Waals surface area contributed by atoms with Gasteiger partial charge in [-0.05, 0) is 44.3 Å². The number of hydrogen-bond acceptors (Lipinski definition) is 3. The maximum Gasteiger partial charge on any atom is 0.418 e. The summed E-state index contributed by atoms with van der Waals surface area (Å²) in [6.45, 7) is 7.41. The zero-order valence-electron chi connectivity index (χ0n) is 11.9. The Morgan fingerprint density at radius 2 is 1.85 bits per heavy atom. The predicted molar refractivity (Wildman–Crippen MR) is 76.8 cm³/mol. The monoisotopic (exact) mass is 289 g/mol. The number of halogens is 3. The van der Waals surface area contributed by atoms with Gasteiger partial charge < -0.3 is 16.0 Å². The summed E-state index contributed by atoms with van der Waals surface area (Å²) < 4.78 is 38.6. The highest BCUT2D eigenvalue weighted by Gasteiger charge is 2.33. The smallest absolute Gasteiger partial charge is 0.399 e. The average Bonchev–Trinajstić information content (AvgIpc) is 2.39. The van der Waals surface area contributed by atoms with Crippen LogP contribution in [-0.2, 0) is 6.18 Å². The van der Waals surface area contributed by atoms with Gasteiger partial charge in [-0.3, -0.25) is 0 Å². The van der Waals surface area contributed by atoms with Crippen LogP contribution < -0.4 is 11.1 Å². The molecule has 0 spiro atoms. The quantitative estimate of drug-likeness (QED) is 0.597. The number of nitrogens with one attached hydrogen (secondary N) is 1. The minimum Gasteiger partial charge on any atom is -0.399 e. The molecule has 0 atom stereocenters. The molecule has 1 aromatic rings. The van der Waals surface area contributed by atoms with E-state index in [1.165, 1.54) is 12.1 Å². The number of nitrogens with zero attached hydrogens (tertiary/aromatic N) is 1. The molecule has 6 heteroatoms. The van der Waals surface area contributed by atoms with Gasteiger partial charge in [0.15, 0.2) is 0 Å². The van der Waals surface area contributed by atoms with E-state index in [0.717, 1.165) is 32.1 Å². The van der Waals surface area contributed by atoms with Crippen molar-refractivity contribution in [3.8, 4) is 0 Å². The molecule has 20 heavy (non-hydrogen) atoms. The van der Waals surface area contributed by atoms with Gasteiger partial charge in [0.2, 0.25) is 0 Å². The Morgan fingerprint density at radius 1 is 1.20 bits per heavy atom. The lowest BCUT2D eigenvalue weighted by atomic mass is 10.1. The van der Waals surface area contributed by atoms with Gasteiger partial charge in [-0.25, -0.2) is 0 Å². The molecule has 0 aliphatic rings. The van der Waals surface area contributed by atoms with E-state index < -0.39 is 11.7 Å². The number of nitrogens with two attached hydrogens (primary N) is 1. The highest BCUT2D eigenvalue weighted by atomic mass is 19.4. The van der Waals surface area contributed by atoms with Crippen molar-refractivity contribution in [1.82, 2.24) is 4.90 Å². The lowest BCUT2D eigenvalue weighted by Crippen LogP contribution is -2.25. The number of nitrogen functional groups attached to an aromatic ring is 1. The summed E-state index contributed by atoms with van der Waals surface area (Å²) in [4.78, 5) is 2.23. The topological polar surface area (TPSA) is 41.3 Å². The van der Waals surface area contributed by atoms with Gasteiger partial charge in [-0.2, -0.15) is 13.2 Å². The minimum absolute atomic E-state index is 0.0891. The van der Waals surface area contributed by atoms with E-state index in [4.69, 9.17) is 5.73 Å². The molecule has 0 aliphatic carbocycles. The second kappa shape index (κ2) is 7.38. The average molecular weight is 289 g/mol. The number of hydrogen-bond donors (Lipinski definition) is 2. The lowest BCUT2D eigenvalue weighted by molar-refractivity contribution is -0.136. The van der Waals surface area contributed by atoms with Gasteiger partial charge >= 0.3 is 6.18 Å². The van der Waals surface area contributed by atoms with E-state index in [2.05, 4.69) is 24.1 Å². The molecule has 3 nitrogen and oxygen atoms in total. The normalized spacial score (nSPS) is 11.9. The molecule has 0 saturated carbocycles. The predicted octanol–water partition coefficient (Wildman–Crippen LogP) is 3.43. The van der Waals surface area contributed by atoms with Crippen LogP contribution in [0.1, 0.15) is 25.8 Å². The molecule has 0 amide bonds. The SMILES string of the molecule is CCN(CC)CCCNc1ccc(N)cc1C(F)(F)F. The van der Waals surface area contributed by atoms with Crippen molar-refractivity contribution >= 4 is 11.4 Å². The Bertz CT molecular complexity index is 415. The third-order valence-corrected chi connectivity index (χ3v) is 3.21. The Kier molecular flexibility index (Phi) is 6.13. The third-order valence-electron chi connectivity index (χ3n) is 3.21. The first-order chi connectivity index (χ1) is 9.38. The molecule has 114 valence electrons. The van der Waals surface area contributed by atoms with E-state index >= 15 is 0 Å². The fourth-order valence-electron chi connectivity index (χ4n) is 2.02. The van der Waals surface area contributed by atoms with Crippen molar-refractivity contribution < 1.29 is 13.2 Å². The minimum atomic E-state index is -4.39. The number of benzene rings is 1. The van der Waals surface area contributed by atoms with Crippen LogP contribution >= 0.6 is 0 Å². The van der Waals surface area contributed by atoms with Crippen molar-refractivity contribution in [2.45, 2.75) is 26.4 Å². The summed E-state index contributed by atoms with van der Waals surface area (Å²) in [7, 11) is 0. The summed E-state index contributed by atoms with van der Waals surface area (Å²) >= 11 is 0. The Balaban J connectivity index is 2.60. The molecule has 0 bridgehead atoms. The molecule has 0 aromatic heterocycles. The summed E-state index contributed by atoms with van der Waals surface area (Å²) in [6.07, 6.45) is -3.60. The Hall–Kier alpha value is -1.43. The van der Waals surface area contributed by atoms with Crippen LogP contribution in [0.25, 0.3) is 0 Å². The first kappa shape index (κ1) is 16.6. The van der Waals surface area contributed by atoms with Crippen molar-refractivity contribution in [1.29, 1.82) is 0 Å². The molecular weight excluding hydrogens is 267 g/mol. The number of alkyl halides is 3. The maximum atomic E-state index is 12.9. The van der Waals surface area contributed by atoms with Gasteiger partial charge in [0.05, 0.1) is 5.56 Å². The van der Waals surface area contributed by atoms with Crippen molar-refractivity contribution in [2.75, 3.05) is 37.2 Å². The van der Waals surface area contributed by atoms with Gasteiger partial charge in [-0.15, -0.1) is 0 Å². The zero-order valence-corrected chi connectivity index (χ0v) is 11.9. The van der Waals surface area contributed by atoms with Crippen molar-refractivity contribution in [3.05, 3.63) is 23.8 Å². The molecule has 1 rings (SSSR count). The number of anilines is 2. The van der Waals surface area contributed by atoms with Gasteiger partial charge in [-0.1, -0.05) is 13.8 Å². The van der Waals surface area contributed by atoms with Crippen molar-refractivity contribution in [2.24, 2.45) is 0 Å². The Labute approximate surface area is 117 Å². The van der Waals surface area contributed by atoms with E-state index in [0.29, 0.717) is 6.54 Å². The molecule has 0 unspecified atom stereocenters. The largest absolute Gasteiger partial charge is 0.418 e. The summed E-state index contributed by atoms with van der Waals surface area (Å²) in [5.74, 6) is 0. The molecule has 3 N–H and O–H groups in total. The first-order valence-corrected chi connectivity index (χ1v) is 6.81. The van der Waals surface area contributed by atoms with Crippen LogP contribution in [0.15, 0.2) is 18.2 Å². The zero-order chi connectivity index (χ0) is 15.2. The lowest BCUT2D eigenvalue weighted by Gasteiger charge is -2.19. The molecule has 0 radical (unpaired) electrons. The van der Waals surface area contributed by atoms with Crippen LogP contribution in [0.4, 0.5) is 24.5 Å². The third kappa shape index (κ3) is 4.92. The Morgan fingerprint density at radius 3 is 2.40 bits per heavy atom. The maximum absolute atomic E-state index is 12.9. The van der Waals surface area contributed by atoms with E-state index in [-0.39, 0.29) is 11.4 Å². The highest BCUT2D eigenvalue weighted by Crippen LogP contribution is 2.35. The van der Waals surface area contributed by atoms with Gasteiger partial charge in [0, 0.05) is 17.9 Å². The van der Waals surface area contributed by atoms with Crippen LogP contribution in [0, 0.1) is 0 Å². The van der Waals surface area contributed by atoms with Crippen molar-refractivity contribution in [3.63, 3.8) is 0 Å². The van der Waals surface area contributed by atoms with E-state index in [1.54, 1.807) is 0 Å². The summed E-state index contributed by atoms with van der Waals surface area (Å²) in [5, 5.41) is 2.85. The van der Waals surface area contributed by atoms with Crippen LogP contribution in [0.2, 0.25) is 0 Å². The molecular formula is C14H22F3N3. The summed E-state index contributed by atoms with van der Waals surface area (Å²) in [6, 6.07) is 3.82. The second-order valence-electron chi connectivity index (χ2n) is 4.61. The molecule has 1 aromatic carbocycles. The van der Waals surface area contributed by atoms with E-state index in [1.807, 2.05) is 0 Å².